The molecule has 1 aliphatic rings. The van der Waals surface area contributed by atoms with Crippen LogP contribution in [0, 0.1) is 0 Å². The predicted molar refractivity (Wildman–Crippen MR) is 64.9 cm³/mol. The fourth-order valence-electron chi connectivity index (χ4n) is 1.70. The van der Waals surface area contributed by atoms with Crippen molar-refractivity contribution < 1.29 is 14.7 Å². The fraction of sp³-hybridized carbons (Fsp3) is 0.833. The molecule has 2 amide bonds. The number of carbonyl (C=O) groups is 2. The molecule has 17 heavy (non-hydrogen) atoms. The van der Waals surface area contributed by atoms with Crippen molar-refractivity contribution in [2.75, 3.05) is 13.6 Å². The quantitative estimate of drug-likeness (QED) is 0.772. The first kappa shape index (κ1) is 13.8. The van der Waals surface area contributed by atoms with Crippen LogP contribution in [0.1, 0.15) is 39.5 Å². The molecule has 0 spiro atoms. The summed E-state index contributed by atoms with van der Waals surface area (Å²) in [6.45, 7) is 4.35. The number of carboxylic acid groups (broad SMARTS) is 1. The predicted octanol–water partition coefficient (Wildman–Crippen LogP) is 1.78. The Kier molecular flexibility index (Phi) is 4.78. The Bertz CT molecular complexity index is 289. The lowest BCUT2D eigenvalue weighted by atomic mass is 10.2. The second-order valence-electron chi connectivity index (χ2n) is 4.72. The van der Waals surface area contributed by atoms with Gasteiger partial charge in [0.05, 0.1) is 6.42 Å². The van der Waals surface area contributed by atoms with Crippen LogP contribution in [0.25, 0.3) is 0 Å². The van der Waals surface area contributed by atoms with E-state index in [4.69, 9.17) is 5.11 Å². The first-order valence-electron chi connectivity index (χ1n) is 6.22. The number of nitrogens with zero attached hydrogens (tertiary/aromatic N) is 2. The van der Waals surface area contributed by atoms with Crippen LogP contribution in [-0.2, 0) is 4.79 Å². The van der Waals surface area contributed by atoms with E-state index in [-0.39, 0.29) is 24.5 Å². The minimum Gasteiger partial charge on any atom is -0.481 e. The molecule has 0 aromatic heterocycles. The van der Waals surface area contributed by atoms with Gasteiger partial charge in [0.25, 0.3) is 0 Å². The Morgan fingerprint density at radius 2 is 2.00 bits per heavy atom. The standard InChI is InChI=1S/C12H22N2O3/c1-4-9(2)13(3)12(17)14(10-5-6-10)8-7-11(15)16/h9-10H,4-8H2,1-3H3,(H,15,16). The van der Waals surface area contributed by atoms with Crippen LogP contribution in [0.5, 0.6) is 0 Å². The number of hydrogen-bond acceptors (Lipinski definition) is 2. The number of carboxylic acids is 1. The second-order valence-corrected chi connectivity index (χ2v) is 4.72. The van der Waals surface area contributed by atoms with Gasteiger partial charge in [-0.1, -0.05) is 6.92 Å². The highest BCUT2D eigenvalue weighted by Crippen LogP contribution is 2.28. The summed E-state index contributed by atoms with van der Waals surface area (Å²) in [6.07, 6.45) is 2.93. The van der Waals surface area contributed by atoms with Crippen molar-refractivity contribution in [3.05, 3.63) is 0 Å². The molecule has 1 aliphatic carbocycles. The molecule has 1 atom stereocenters. The lowest BCUT2D eigenvalue weighted by molar-refractivity contribution is -0.137. The molecule has 1 saturated carbocycles. The lowest BCUT2D eigenvalue weighted by Gasteiger charge is -2.31. The molecule has 0 aromatic rings. The van der Waals surface area contributed by atoms with Crippen LogP contribution in [-0.4, -0.2) is 52.6 Å². The van der Waals surface area contributed by atoms with E-state index < -0.39 is 5.97 Å². The van der Waals surface area contributed by atoms with Gasteiger partial charge in [0.15, 0.2) is 0 Å². The largest absolute Gasteiger partial charge is 0.481 e. The maximum atomic E-state index is 12.2. The molecule has 0 radical (unpaired) electrons. The van der Waals surface area contributed by atoms with Gasteiger partial charge in [0.2, 0.25) is 0 Å². The van der Waals surface area contributed by atoms with Crippen LogP contribution in [0.3, 0.4) is 0 Å². The van der Waals surface area contributed by atoms with E-state index in [1.165, 1.54) is 0 Å². The number of carbonyl (C=O) groups excluding carboxylic acids is 1. The lowest BCUT2D eigenvalue weighted by Crippen LogP contribution is -2.46. The van der Waals surface area contributed by atoms with Gasteiger partial charge in [0, 0.05) is 25.7 Å². The molecule has 0 aromatic carbocycles. The molecule has 0 heterocycles. The Morgan fingerprint density at radius 3 is 2.41 bits per heavy atom. The van der Waals surface area contributed by atoms with Crippen LogP contribution >= 0.6 is 0 Å². The summed E-state index contributed by atoms with van der Waals surface area (Å²) >= 11 is 0. The first-order chi connectivity index (χ1) is 7.97. The molecule has 1 N–H and O–H groups in total. The third kappa shape index (κ3) is 3.91. The third-order valence-corrected chi connectivity index (χ3v) is 3.35. The van der Waals surface area contributed by atoms with Gasteiger partial charge in [-0.2, -0.15) is 0 Å². The zero-order chi connectivity index (χ0) is 13.0. The van der Waals surface area contributed by atoms with Crippen molar-refractivity contribution in [1.82, 2.24) is 9.80 Å². The summed E-state index contributed by atoms with van der Waals surface area (Å²) in [5.41, 5.74) is 0. The average molecular weight is 242 g/mol. The van der Waals surface area contributed by atoms with Gasteiger partial charge >= 0.3 is 12.0 Å². The molecular formula is C12H22N2O3. The highest BCUT2D eigenvalue weighted by molar-refractivity contribution is 5.76. The number of hydrogen-bond donors (Lipinski definition) is 1. The number of rotatable bonds is 6. The summed E-state index contributed by atoms with van der Waals surface area (Å²) in [5.74, 6) is -0.852. The highest BCUT2D eigenvalue weighted by Gasteiger charge is 2.34. The van der Waals surface area contributed by atoms with E-state index in [9.17, 15) is 9.59 Å². The molecule has 1 fully saturated rings. The number of aliphatic carboxylic acids is 1. The molecule has 0 aliphatic heterocycles. The van der Waals surface area contributed by atoms with Gasteiger partial charge in [0.1, 0.15) is 0 Å². The smallest absolute Gasteiger partial charge is 0.320 e. The highest BCUT2D eigenvalue weighted by atomic mass is 16.4. The monoisotopic (exact) mass is 242 g/mol. The van der Waals surface area contributed by atoms with Gasteiger partial charge in [-0.15, -0.1) is 0 Å². The van der Waals surface area contributed by atoms with Gasteiger partial charge in [-0.05, 0) is 26.2 Å². The van der Waals surface area contributed by atoms with Crippen LogP contribution < -0.4 is 0 Å². The molecule has 5 nitrogen and oxygen atoms in total. The fourth-order valence-corrected chi connectivity index (χ4v) is 1.70. The molecular weight excluding hydrogens is 220 g/mol. The molecule has 0 saturated heterocycles. The Labute approximate surface area is 102 Å². The maximum Gasteiger partial charge on any atom is 0.320 e. The van der Waals surface area contributed by atoms with Gasteiger partial charge < -0.3 is 14.9 Å². The molecule has 1 rings (SSSR count). The van der Waals surface area contributed by atoms with E-state index in [0.717, 1.165) is 19.3 Å². The third-order valence-electron chi connectivity index (χ3n) is 3.35. The summed E-state index contributed by atoms with van der Waals surface area (Å²) in [5, 5.41) is 8.69. The topological polar surface area (TPSA) is 60.9 Å². The normalized spacial score (nSPS) is 16.4. The van der Waals surface area contributed by atoms with Crippen LogP contribution in [0.2, 0.25) is 0 Å². The van der Waals surface area contributed by atoms with E-state index in [1.54, 1.807) is 16.8 Å². The van der Waals surface area contributed by atoms with Gasteiger partial charge in [-0.25, -0.2) is 4.79 Å². The number of urea groups is 1. The Balaban J connectivity index is 2.57. The number of amides is 2. The zero-order valence-electron chi connectivity index (χ0n) is 10.8. The summed E-state index contributed by atoms with van der Waals surface area (Å²) in [7, 11) is 1.78. The minimum absolute atomic E-state index is 0.0244. The first-order valence-corrected chi connectivity index (χ1v) is 6.22. The maximum absolute atomic E-state index is 12.2. The van der Waals surface area contributed by atoms with Crippen LogP contribution in [0.15, 0.2) is 0 Å². The van der Waals surface area contributed by atoms with E-state index in [2.05, 4.69) is 0 Å². The average Bonchev–Trinajstić information content (AvgIpc) is 3.10. The van der Waals surface area contributed by atoms with E-state index in [1.807, 2.05) is 13.8 Å². The molecule has 5 heteroatoms. The van der Waals surface area contributed by atoms with Crippen molar-refractivity contribution >= 4 is 12.0 Å². The summed E-state index contributed by atoms with van der Waals surface area (Å²) in [6, 6.07) is 0.407. The molecule has 98 valence electrons. The zero-order valence-corrected chi connectivity index (χ0v) is 10.8. The second kappa shape index (κ2) is 5.89. The van der Waals surface area contributed by atoms with Crippen LogP contribution in [0.4, 0.5) is 4.79 Å². The van der Waals surface area contributed by atoms with Crippen molar-refractivity contribution in [1.29, 1.82) is 0 Å². The SMILES string of the molecule is CCC(C)N(C)C(=O)N(CCC(=O)O)C1CC1. The van der Waals surface area contributed by atoms with Crippen molar-refractivity contribution in [3.63, 3.8) is 0 Å². The van der Waals surface area contributed by atoms with E-state index >= 15 is 0 Å². The Hall–Kier alpha value is -1.26. The Morgan fingerprint density at radius 1 is 1.41 bits per heavy atom. The van der Waals surface area contributed by atoms with Crippen molar-refractivity contribution in [2.24, 2.45) is 0 Å². The van der Waals surface area contributed by atoms with Crippen molar-refractivity contribution in [3.8, 4) is 0 Å². The summed E-state index contributed by atoms with van der Waals surface area (Å²) < 4.78 is 0. The minimum atomic E-state index is -0.852. The van der Waals surface area contributed by atoms with E-state index in [0.29, 0.717) is 6.54 Å². The van der Waals surface area contributed by atoms with Gasteiger partial charge in [-0.3, -0.25) is 4.79 Å². The summed E-state index contributed by atoms with van der Waals surface area (Å²) in [4.78, 5) is 26.2. The van der Waals surface area contributed by atoms with Crippen molar-refractivity contribution in [2.45, 2.75) is 51.6 Å². The molecule has 1 unspecified atom stereocenters. The molecule has 0 bridgehead atoms.